The van der Waals surface area contributed by atoms with Crippen LogP contribution in [0, 0.1) is 0 Å². The van der Waals surface area contributed by atoms with Crippen LogP contribution in [-0.4, -0.2) is 23.7 Å². The van der Waals surface area contributed by atoms with Gasteiger partial charge in [-0.3, -0.25) is 4.79 Å². The van der Waals surface area contributed by atoms with E-state index in [2.05, 4.69) is 25.2 Å². The van der Waals surface area contributed by atoms with Gasteiger partial charge in [0.2, 0.25) is 5.91 Å². The molecule has 172 valence electrons. The lowest BCUT2D eigenvalue weighted by atomic mass is 10.0. The molecule has 2 N–H and O–H groups in total. The van der Waals surface area contributed by atoms with E-state index in [1.54, 1.807) is 0 Å². The van der Waals surface area contributed by atoms with Crippen LogP contribution in [0.15, 0.2) is 12.2 Å². The summed E-state index contributed by atoms with van der Waals surface area (Å²) in [7, 11) is 0. The highest BCUT2D eigenvalue weighted by molar-refractivity contribution is 5.76. The molecule has 0 saturated carbocycles. The van der Waals surface area contributed by atoms with Crippen LogP contribution in [0.2, 0.25) is 0 Å². The Morgan fingerprint density at radius 2 is 1.17 bits per heavy atom. The molecule has 0 rings (SSSR count). The zero-order chi connectivity index (χ0) is 21.4. The fourth-order valence-corrected chi connectivity index (χ4v) is 3.69. The third kappa shape index (κ3) is 21.7. The second kappa shape index (κ2) is 23.4. The van der Waals surface area contributed by atoms with Gasteiger partial charge < -0.3 is 10.4 Å². The van der Waals surface area contributed by atoms with Gasteiger partial charge in [-0.25, -0.2) is 0 Å². The molecule has 3 heteroatoms. The fourth-order valence-electron chi connectivity index (χ4n) is 3.69. The van der Waals surface area contributed by atoms with E-state index in [1.807, 2.05) is 6.08 Å². The van der Waals surface area contributed by atoms with Crippen LogP contribution in [0.5, 0.6) is 0 Å². The predicted molar refractivity (Wildman–Crippen MR) is 127 cm³/mol. The Labute approximate surface area is 182 Å². The SMILES string of the molecule is CCCCCCCCCCCCCC/C=C\[C@H](CO)NC(=O)CCCCCCC. The summed E-state index contributed by atoms with van der Waals surface area (Å²) in [6.07, 6.45) is 27.9. The number of hydrogen-bond acceptors (Lipinski definition) is 2. The lowest BCUT2D eigenvalue weighted by Gasteiger charge is -2.12. The van der Waals surface area contributed by atoms with Crippen LogP contribution in [-0.2, 0) is 4.79 Å². The van der Waals surface area contributed by atoms with Crippen molar-refractivity contribution in [2.45, 2.75) is 142 Å². The van der Waals surface area contributed by atoms with E-state index in [1.165, 1.54) is 96.3 Å². The van der Waals surface area contributed by atoms with E-state index < -0.39 is 0 Å². The zero-order valence-corrected chi connectivity index (χ0v) is 19.7. The molecule has 0 aromatic carbocycles. The second-order valence-corrected chi connectivity index (χ2v) is 8.63. The summed E-state index contributed by atoms with van der Waals surface area (Å²) in [5.41, 5.74) is 0. The molecular weight excluding hydrogens is 358 g/mol. The lowest BCUT2D eigenvalue weighted by Crippen LogP contribution is -2.35. The van der Waals surface area contributed by atoms with E-state index in [4.69, 9.17) is 0 Å². The van der Waals surface area contributed by atoms with Crippen molar-refractivity contribution in [3.8, 4) is 0 Å². The van der Waals surface area contributed by atoms with Gasteiger partial charge in [-0.2, -0.15) is 0 Å². The molecule has 0 aliphatic carbocycles. The fraction of sp³-hybridized carbons (Fsp3) is 0.885. The maximum Gasteiger partial charge on any atom is 0.220 e. The number of allylic oxidation sites excluding steroid dienone is 1. The van der Waals surface area contributed by atoms with Crippen molar-refractivity contribution in [3.63, 3.8) is 0 Å². The van der Waals surface area contributed by atoms with Crippen molar-refractivity contribution in [1.82, 2.24) is 5.32 Å². The molecule has 0 spiro atoms. The predicted octanol–water partition coefficient (Wildman–Crippen LogP) is 7.47. The summed E-state index contributed by atoms with van der Waals surface area (Å²) in [4.78, 5) is 11.9. The van der Waals surface area contributed by atoms with Crippen molar-refractivity contribution in [3.05, 3.63) is 12.2 Å². The maximum absolute atomic E-state index is 11.9. The molecule has 0 unspecified atom stereocenters. The molecule has 0 bridgehead atoms. The quantitative estimate of drug-likeness (QED) is 0.144. The average molecular weight is 410 g/mol. The molecule has 0 aliphatic heterocycles. The Morgan fingerprint density at radius 3 is 1.66 bits per heavy atom. The van der Waals surface area contributed by atoms with Crippen LogP contribution in [0.3, 0.4) is 0 Å². The highest BCUT2D eigenvalue weighted by Gasteiger charge is 2.07. The molecule has 0 aliphatic rings. The second-order valence-electron chi connectivity index (χ2n) is 8.63. The Bertz CT molecular complexity index is 368. The third-order valence-electron chi connectivity index (χ3n) is 5.64. The molecule has 29 heavy (non-hydrogen) atoms. The molecular formula is C26H51NO2. The number of rotatable bonds is 22. The van der Waals surface area contributed by atoms with Crippen LogP contribution in [0.4, 0.5) is 0 Å². The Balaban J connectivity index is 3.50. The van der Waals surface area contributed by atoms with E-state index in [-0.39, 0.29) is 18.6 Å². The van der Waals surface area contributed by atoms with Crippen LogP contribution >= 0.6 is 0 Å². The van der Waals surface area contributed by atoms with E-state index in [9.17, 15) is 9.90 Å². The molecule has 3 nitrogen and oxygen atoms in total. The van der Waals surface area contributed by atoms with Crippen molar-refractivity contribution < 1.29 is 9.90 Å². The first-order valence-electron chi connectivity index (χ1n) is 12.8. The Kier molecular flexibility index (Phi) is 22.8. The van der Waals surface area contributed by atoms with Crippen LogP contribution in [0.25, 0.3) is 0 Å². The molecule has 0 fully saturated rings. The van der Waals surface area contributed by atoms with Crippen LogP contribution in [0.1, 0.15) is 136 Å². The number of amides is 1. The standard InChI is InChI=1S/C26H51NO2/c1-3-5-7-9-10-11-12-13-14-15-16-17-19-20-22-25(24-28)27-26(29)23-21-18-8-6-4-2/h20,22,25,28H,3-19,21,23-24H2,1-2H3,(H,27,29)/b22-20-/t25-/m1/s1. The highest BCUT2D eigenvalue weighted by Crippen LogP contribution is 2.12. The summed E-state index contributed by atoms with van der Waals surface area (Å²) < 4.78 is 0. The minimum absolute atomic E-state index is 0.0173. The monoisotopic (exact) mass is 409 g/mol. The molecule has 0 aromatic rings. The van der Waals surface area contributed by atoms with Crippen LogP contribution < -0.4 is 5.32 Å². The summed E-state index contributed by atoms with van der Waals surface area (Å²) in [6.45, 7) is 4.45. The van der Waals surface area contributed by atoms with E-state index in [0.29, 0.717) is 6.42 Å². The summed E-state index contributed by atoms with van der Waals surface area (Å²) in [6, 6.07) is -0.226. The number of carbonyl (C=O) groups is 1. The summed E-state index contributed by atoms with van der Waals surface area (Å²) in [5, 5.41) is 12.4. The van der Waals surface area contributed by atoms with E-state index in [0.717, 1.165) is 19.3 Å². The smallest absolute Gasteiger partial charge is 0.220 e. The molecule has 0 heterocycles. The van der Waals surface area contributed by atoms with Gasteiger partial charge >= 0.3 is 0 Å². The van der Waals surface area contributed by atoms with Gasteiger partial charge in [0, 0.05) is 6.42 Å². The first kappa shape index (κ1) is 28.2. The number of carbonyl (C=O) groups excluding carboxylic acids is 1. The van der Waals surface area contributed by atoms with Crippen molar-refractivity contribution in [2.75, 3.05) is 6.61 Å². The van der Waals surface area contributed by atoms with Gasteiger partial charge in [0.15, 0.2) is 0 Å². The first-order chi connectivity index (χ1) is 14.2. The average Bonchev–Trinajstić information content (AvgIpc) is 2.73. The minimum Gasteiger partial charge on any atom is -0.394 e. The third-order valence-corrected chi connectivity index (χ3v) is 5.64. The topological polar surface area (TPSA) is 49.3 Å². The molecule has 1 atom stereocenters. The van der Waals surface area contributed by atoms with Crippen molar-refractivity contribution in [2.24, 2.45) is 0 Å². The minimum atomic E-state index is -0.226. The van der Waals surface area contributed by atoms with Gasteiger partial charge in [0.25, 0.3) is 0 Å². The molecule has 1 amide bonds. The maximum atomic E-state index is 11.9. The first-order valence-corrected chi connectivity index (χ1v) is 12.8. The van der Waals surface area contributed by atoms with E-state index >= 15 is 0 Å². The number of aliphatic hydroxyl groups is 1. The van der Waals surface area contributed by atoms with Gasteiger partial charge in [-0.05, 0) is 19.3 Å². The Morgan fingerprint density at radius 1 is 0.724 bits per heavy atom. The number of nitrogens with one attached hydrogen (secondary N) is 1. The Hall–Kier alpha value is -0.830. The van der Waals surface area contributed by atoms with Crippen molar-refractivity contribution >= 4 is 5.91 Å². The zero-order valence-electron chi connectivity index (χ0n) is 19.7. The van der Waals surface area contributed by atoms with Gasteiger partial charge in [-0.15, -0.1) is 0 Å². The number of aliphatic hydroxyl groups excluding tert-OH is 1. The van der Waals surface area contributed by atoms with Gasteiger partial charge in [-0.1, -0.05) is 122 Å². The highest BCUT2D eigenvalue weighted by atomic mass is 16.3. The van der Waals surface area contributed by atoms with Crippen molar-refractivity contribution in [1.29, 1.82) is 0 Å². The molecule has 0 aromatic heterocycles. The molecule has 0 radical (unpaired) electrons. The number of unbranched alkanes of at least 4 members (excludes halogenated alkanes) is 16. The number of hydrogen-bond donors (Lipinski definition) is 2. The largest absolute Gasteiger partial charge is 0.394 e. The lowest BCUT2D eigenvalue weighted by molar-refractivity contribution is -0.121. The van der Waals surface area contributed by atoms with Gasteiger partial charge in [0.05, 0.1) is 12.6 Å². The summed E-state index contributed by atoms with van der Waals surface area (Å²) >= 11 is 0. The summed E-state index contributed by atoms with van der Waals surface area (Å²) in [5.74, 6) is 0.0653. The van der Waals surface area contributed by atoms with Gasteiger partial charge in [0.1, 0.15) is 0 Å². The molecule has 0 saturated heterocycles. The normalized spacial score (nSPS) is 12.5.